The molecule has 26 heavy (non-hydrogen) atoms. The number of rotatable bonds is 2. The van der Waals surface area contributed by atoms with Crippen molar-refractivity contribution in [1.29, 1.82) is 0 Å². The van der Waals surface area contributed by atoms with Crippen molar-refractivity contribution < 1.29 is 4.79 Å². The summed E-state index contributed by atoms with van der Waals surface area (Å²) in [5, 5.41) is 5.20. The number of hydrogen-bond donors (Lipinski definition) is 1. The maximum Gasteiger partial charge on any atom is 0.223 e. The molecular formula is C21H20Cl3NO. The number of hydrogen-bond acceptors (Lipinski definition) is 1. The first kappa shape index (κ1) is 18.2. The molecule has 1 heterocycles. The van der Waals surface area contributed by atoms with Crippen LogP contribution in [0.15, 0.2) is 42.5 Å². The van der Waals surface area contributed by atoms with E-state index >= 15 is 0 Å². The molecule has 5 heteroatoms. The Morgan fingerprint density at radius 2 is 1.58 bits per heavy atom. The Morgan fingerprint density at radius 3 is 2.27 bits per heavy atom. The lowest BCUT2D eigenvalue weighted by atomic mass is 9.62. The second-order valence-electron chi connectivity index (χ2n) is 7.41. The number of amides is 1. The third kappa shape index (κ3) is 3.13. The van der Waals surface area contributed by atoms with Crippen molar-refractivity contribution in [2.75, 3.05) is 0 Å². The molecule has 2 aromatic carbocycles. The lowest BCUT2D eigenvalue weighted by Crippen LogP contribution is -2.35. The Labute approximate surface area is 168 Å². The predicted molar refractivity (Wildman–Crippen MR) is 107 cm³/mol. The molecule has 1 amide bonds. The maximum atomic E-state index is 12.4. The second-order valence-corrected chi connectivity index (χ2v) is 8.69. The van der Waals surface area contributed by atoms with Crippen molar-refractivity contribution in [3.8, 4) is 0 Å². The van der Waals surface area contributed by atoms with Crippen molar-refractivity contribution in [2.45, 2.75) is 37.6 Å². The lowest BCUT2D eigenvalue weighted by molar-refractivity contribution is -0.123. The number of nitrogens with one attached hydrogen (secondary N) is 1. The van der Waals surface area contributed by atoms with Crippen LogP contribution in [0.3, 0.4) is 0 Å². The van der Waals surface area contributed by atoms with Crippen LogP contribution in [-0.4, -0.2) is 11.9 Å². The summed E-state index contributed by atoms with van der Waals surface area (Å²) in [5.41, 5.74) is 2.32. The second kappa shape index (κ2) is 7.07. The molecule has 1 aliphatic heterocycles. The average Bonchev–Trinajstić information content (AvgIpc) is 2.90. The molecule has 1 saturated carbocycles. The van der Waals surface area contributed by atoms with Crippen molar-refractivity contribution in [1.82, 2.24) is 5.32 Å². The molecule has 5 atom stereocenters. The molecule has 2 fully saturated rings. The Kier molecular flexibility index (Phi) is 4.94. The van der Waals surface area contributed by atoms with E-state index in [4.69, 9.17) is 34.8 Å². The first-order valence-electron chi connectivity index (χ1n) is 8.96. The van der Waals surface area contributed by atoms with Crippen LogP contribution in [0.5, 0.6) is 0 Å². The molecule has 0 bridgehead atoms. The van der Waals surface area contributed by atoms with E-state index in [1.807, 2.05) is 30.3 Å². The summed E-state index contributed by atoms with van der Waals surface area (Å²) in [5.74, 6) is 0.945. The average molecular weight is 409 g/mol. The van der Waals surface area contributed by atoms with Crippen LogP contribution in [0.1, 0.15) is 42.7 Å². The summed E-state index contributed by atoms with van der Waals surface area (Å²) in [7, 11) is 0. The third-order valence-electron chi connectivity index (χ3n) is 6.00. The highest BCUT2D eigenvalue weighted by Crippen LogP contribution is 2.54. The quantitative estimate of drug-likeness (QED) is 0.643. The largest absolute Gasteiger partial charge is 0.353 e. The van der Waals surface area contributed by atoms with Gasteiger partial charge in [-0.2, -0.15) is 0 Å². The summed E-state index contributed by atoms with van der Waals surface area (Å²) in [6.45, 7) is 2.11. The lowest BCUT2D eigenvalue weighted by Gasteiger charge is -2.41. The molecule has 136 valence electrons. The fourth-order valence-corrected chi connectivity index (χ4v) is 5.61. The first-order valence-corrected chi connectivity index (χ1v) is 10.1. The van der Waals surface area contributed by atoms with Crippen LogP contribution in [0.2, 0.25) is 15.1 Å². The van der Waals surface area contributed by atoms with Gasteiger partial charge in [-0.15, -0.1) is 0 Å². The number of benzene rings is 2. The highest BCUT2D eigenvalue weighted by molar-refractivity contribution is 6.35. The molecule has 0 aromatic heterocycles. The van der Waals surface area contributed by atoms with E-state index in [2.05, 4.69) is 24.4 Å². The summed E-state index contributed by atoms with van der Waals surface area (Å²) < 4.78 is 0. The molecule has 1 aliphatic carbocycles. The predicted octanol–water partition coefficient (Wildman–Crippen LogP) is 6.06. The highest BCUT2D eigenvalue weighted by atomic mass is 35.5. The zero-order chi connectivity index (χ0) is 18.4. The zero-order valence-corrected chi connectivity index (χ0v) is 16.7. The number of halogens is 3. The molecular weight excluding hydrogens is 389 g/mol. The number of carbonyl (C=O) groups excluding carboxylic acids is 1. The Bertz CT molecular complexity index is 836. The fraction of sp³-hybridized carbons (Fsp3) is 0.381. The fourth-order valence-electron chi connectivity index (χ4n) is 4.93. The van der Waals surface area contributed by atoms with E-state index in [-0.39, 0.29) is 35.6 Å². The summed E-state index contributed by atoms with van der Waals surface area (Å²) in [6, 6.07) is 13.9. The van der Waals surface area contributed by atoms with Gasteiger partial charge < -0.3 is 5.32 Å². The number of carbonyl (C=O) groups is 1. The summed E-state index contributed by atoms with van der Waals surface area (Å²) >= 11 is 18.8. The topological polar surface area (TPSA) is 29.1 Å². The Hall–Kier alpha value is -1.22. The molecule has 0 spiro atoms. The Morgan fingerprint density at radius 1 is 0.923 bits per heavy atom. The van der Waals surface area contributed by atoms with Crippen molar-refractivity contribution in [3.63, 3.8) is 0 Å². The van der Waals surface area contributed by atoms with E-state index in [1.165, 1.54) is 5.56 Å². The number of fused-ring (bicyclic) bond motifs is 1. The molecule has 0 radical (unpaired) electrons. The first-order chi connectivity index (χ1) is 12.5. The van der Waals surface area contributed by atoms with Crippen molar-refractivity contribution in [3.05, 3.63) is 68.7 Å². The normalized spacial score (nSPS) is 30.8. The van der Waals surface area contributed by atoms with Gasteiger partial charge in [-0.3, -0.25) is 4.79 Å². The Balaban J connectivity index is 1.81. The van der Waals surface area contributed by atoms with Crippen molar-refractivity contribution >= 4 is 40.7 Å². The van der Waals surface area contributed by atoms with Gasteiger partial charge in [0.1, 0.15) is 0 Å². The third-order valence-corrected chi connectivity index (χ3v) is 6.82. The summed E-state index contributed by atoms with van der Waals surface area (Å²) in [4.78, 5) is 12.4. The van der Waals surface area contributed by atoms with Gasteiger partial charge in [-0.05, 0) is 72.9 Å². The van der Waals surface area contributed by atoms with Crippen LogP contribution in [-0.2, 0) is 4.79 Å². The molecule has 2 aliphatic rings. The maximum absolute atomic E-state index is 12.4. The van der Waals surface area contributed by atoms with Gasteiger partial charge in [-0.1, -0.05) is 53.0 Å². The minimum atomic E-state index is 0.0630. The van der Waals surface area contributed by atoms with E-state index < -0.39 is 0 Å². The van der Waals surface area contributed by atoms with Gasteiger partial charge in [0.15, 0.2) is 0 Å². The van der Waals surface area contributed by atoms with Crippen LogP contribution in [0, 0.1) is 11.8 Å². The standard InChI is InChI=1S/C21H20Cl3NO/c1-11-19-17(21(26)25-11)9-8-16(15-7-6-14(23)10-18(15)24)20(19)12-2-4-13(22)5-3-12/h2-7,10-11,16-17,19-20H,8-9H2,1H3,(H,25,26)/t11-,16+,17-,19-,20+/m1/s1. The monoisotopic (exact) mass is 407 g/mol. The van der Waals surface area contributed by atoms with E-state index in [0.29, 0.717) is 10.0 Å². The minimum Gasteiger partial charge on any atom is -0.353 e. The zero-order valence-electron chi connectivity index (χ0n) is 14.4. The van der Waals surface area contributed by atoms with Gasteiger partial charge in [-0.25, -0.2) is 0 Å². The molecule has 1 N–H and O–H groups in total. The van der Waals surface area contributed by atoms with Gasteiger partial charge in [0.25, 0.3) is 0 Å². The molecule has 1 saturated heterocycles. The smallest absolute Gasteiger partial charge is 0.223 e. The summed E-state index contributed by atoms with van der Waals surface area (Å²) in [6.07, 6.45) is 1.81. The minimum absolute atomic E-state index is 0.0630. The van der Waals surface area contributed by atoms with Crippen LogP contribution in [0.25, 0.3) is 0 Å². The van der Waals surface area contributed by atoms with Gasteiger partial charge >= 0.3 is 0 Å². The van der Waals surface area contributed by atoms with Crippen molar-refractivity contribution in [2.24, 2.45) is 11.8 Å². The van der Waals surface area contributed by atoms with Gasteiger partial charge in [0.05, 0.1) is 0 Å². The molecule has 2 aromatic rings. The van der Waals surface area contributed by atoms with Crippen LogP contribution < -0.4 is 5.32 Å². The van der Waals surface area contributed by atoms with Crippen LogP contribution >= 0.6 is 34.8 Å². The van der Waals surface area contributed by atoms with E-state index in [1.54, 1.807) is 0 Å². The molecule has 0 unspecified atom stereocenters. The van der Waals surface area contributed by atoms with Crippen LogP contribution in [0.4, 0.5) is 0 Å². The van der Waals surface area contributed by atoms with E-state index in [0.717, 1.165) is 23.4 Å². The van der Waals surface area contributed by atoms with Gasteiger partial charge in [0, 0.05) is 27.0 Å². The SMILES string of the molecule is C[C@H]1NC(=O)[C@@H]2CC[C@@H](c3ccc(Cl)cc3Cl)[C@H](c3ccc(Cl)cc3)[C@H]12. The molecule has 4 rings (SSSR count). The van der Waals surface area contributed by atoms with Gasteiger partial charge in [0.2, 0.25) is 5.91 Å². The molecule has 2 nitrogen and oxygen atoms in total. The highest BCUT2D eigenvalue weighted by Gasteiger charge is 2.50. The van der Waals surface area contributed by atoms with E-state index in [9.17, 15) is 4.79 Å².